The van der Waals surface area contributed by atoms with E-state index in [0.717, 1.165) is 12.1 Å². The minimum absolute atomic E-state index is 0.447. The topological polar surface area (TPSA) is 26.0 Å². The Labute approximate surface area is 68.8 Å². The SMILES string of the molecule is CN.Fc1cccc(F)c1Cl. The van der Waals surface area contributed by atoms with E-state index in [1.54, 1.807) is 0 Å². The number of hydrogen-bond acceptors (Lipinski definition) is 1. The van der Waals surface area contributed by atoms with Crippen LogP contribution < -0.4 is 5.73 Å². The standard InChI is InChI=1S/C6H3ClF2.CH5N/c7-6-4(8)2-1-3-5(6)9;1-2/h1-3H;2H2,1H3. The van der Waals surface area contributed by atoms with Crippen LogP contribution >= 0.6 is 11.6 Å². The average Bonchev–Trinajstić information content (AvgIpc) is 2.04. The molecule has 0 aliphatic rings. The number of hydrogen-bond donors (Lipinski definition) is 1. The van der Waals surface area contributed by atoms with E-state index in [2.05, 4.69) is 5.73 Å². The third kappa shape index (κ3) is 2.82. The van der Waals surface area contributed by atoms with Crippen molar-refractivity contribution in [3.05, 3.63) is 34.9 Å². The molecule has 62 valence electrons. The summed E-state index contributed by atoms with van der Waals surface area (Å²) in [5.41, 5.74) is 4.50. The molecule has 0 aliphatic carbocycles. The van der Waals surface area contributed by atoms with Gasteiger partial charge in [0.05, 0.1) is 0 Å². The smallest absolute Gasteiger partial charge is 0.144 e. The van der Waals surface area contributed by atoms with Gasteiger partial charge < -0.3 is 5.73 Å². The van der Waals surface area contributed by atoms with E-state index < -0.39 is 16.7 Å². The Morgan fingerprint density at radius 1 is 1.18 bits per heavy atom. The van der Waals surface area contributed by atoms with Crippen LogP contribution in [0.15, 0.2) is 18.2 Å². The van der Waals surface area contributed by atoms with Crippen LogP contribution in [0.2, 0.25) is 5.02 Å². The van der Waals surface area contributed by atoms with E-state index in [-0.39, 0.29) is 0 Å². The lowest BCUT2D eigenvalue weighted by atomic mass is 10.3. The summed E-state index contributed by atoms with van der Waals surface area (Å²) in [4.78, 5) is 0. The van der Waals surface area contributed by atoms with E-state index in [1.807, 2.05) is 0 Å². The second kappa shape index (κ2) is 5.04. The third-order valence-corrected chi connectivity index (χ3v) is 1.27. The fourth-order valence-corrected chi connectivity index (χ4v) is 0.603. The molecule has 1 aromatic rings. The van der Waals surface area contributed by atoms with Crippen molar-refractivity contribution in [3.63, 3.8) is 0 Å². The number of halogens is 3. The van der Waals surface area contributed by atoms with Gasteiger partial charge in [0.2, 0.25) is 0 Å². The van der Waals surface area contributed by atoms with Gasteiger partial charge in [-0.2, -0.15) is 0 Å². The van der Waals surface area contributed by atoms with Gasteiger partial charge in [-0.3, -0.25) is 0 Å². The quantitative estimate of drug-likeness (QED) is 0.607. The number of nitrogens with two attached hydrogens (primary N) is 1. The maximum Gasteiger partial charge on any atom is 0.144 e. The number of rotatable bonds is 0. The van der Waals surface area contributed by atoms with Crippen LogP contribution in [0.3, 0.4) is 0 Å². The molecule has 0 unspecified atom stereocenters. The molecule has 0 aromatic heterocycles. The summed E-state index contributed by atoms with van der Waals surface area (Å²) in [5.74, 6) is -1.45. The van der Waals surface area contributed by atoms with Crippen molar-refractivity contribution in [2.24, 2.45) is 5.73 Å². The summed E-state index contributed by atoms with van der Waals surface area (Å²) < 4.78 is 24.4. The molecule has 1 rings (SSSR count). The Bertz CT molecular complexity index is 207. The maximum absolute atomic E-state index is 12.2. The van der Waals surface area contributed by atoms with Gasteiger partial charge >= 0.3 is 0 Å². The molecule has 1 nitrogen and oxygen atoms in total. The molecular weight excluding hydrogens is 172 g/mol. The summed E-state index contributed by atoms with van der Waals surface area (Å²) in [7, 11) is 1.50. The Hall–Kier alpha value is -0.670. The largest absolute Gasteiger partial charge is 0.333 e. The van der Waals surface area contributed by atoms with Gasteiger partial charge in [-0.15, -0.1) is 0 Å². The molecular formula is C7H8ClF2N. The van der Waals surface area contributed by atoms with E-state index in [1.165, 1.54) is 13.1 Å². The third-order valence-electron chi connectivity index (χ3n) is 0.904. The zero-order chi connectivity index (χ0) is 8.85. The molecule has 0 heterocycles. The second-order valence-electron chi connectivity index (χ2n) is 1.54. The second-order valence-corrected chi connectivity index (χ2v) is 1.91. The molecule has 1 aromatic carbocycles. The summed E-state index contributed by atoms with van der Waals surface area (Å²) in [6.45, 7) is 0. The number of benzene rings is 1. The molecule has 2 N–H and O–H groups in total. The molecule has 4 heteroatoms. The van der Waals surface area contributed by atoms with E-state index in [0.29, 0.717) is 0 Å². The van der Waals surface area contributed by atoms with Crippen molar-refractivity contribution < 1.29 is 8.78 Å². The summed E-state index contributed by atoms with van der Waals surface area (Å²) >= 11 is 5.13. The molecule has 0 bridgehead atoms. The van der Waals surface area contributed by atoms with E-state index >= 15 is 0 Å². The molecule has 0 fully saturated rings. The summed E-state index contributed by atoms with van der Waals surface area (Å²) in [6.07, 6.45) is 0. The van der Waals surface area contributed by atoms with Crippen LogP contribution in [0, 0.1) is 11.6 Å². The lowest BCUT2D eigenvalue weighted by Crippen LogP contribution is -1.79. The monoisotopic (exact) mass is 179 g/mol. The van der Waals surface area contributed by atoms with Gasteiger partial charge in [-0.05, 0) is 19.2 Å². The Morgan fingerprint density at radius 3 is 1.82 bits per heavy atom. The fraction of sp³-hybridized carbons (Fsp3) is 0.143. The van der Waals surface area contributed by atoms with Gasteiger partial charge in [0.1, 0.15) is 16.7 Å². The van der Waals surface area contributed by atoms with Crippen LogP contribution in [0.25, 0.3) is 0 Å². The minimum Gasteiger partial charge on any atom is -0.333 e. The van der Waals surface area contributed by atoms with Crippen molar-refractivity contribution in [1.82, 2.24) is 0 Å². The fourth-order valence-electron chi connectivity index (χ4n) is 0.477. The highest BCUT2D eigenvalue weighted by atomic mass is 35.5. The van der Waals surface area contributed by atoms with Crippen LogP contribution in [-0.4, -0.2) is 7.05 Å². The average molecular weight is 180 g/mol. The van der Waals surface area contributed by atoms with E-state index in [4.69, 9.17) is 11.6 Å². The minimum atomic E-state index is -0.725. The Balaban J connectivity index is 0.000000461. The van der Waals surface area contributed by atoms with Gasteiger partial charge in [-0.1, -0.05) is 17.7 Å². The molecule has 0 atom stereocenters. The Kier molecular flexibility index (Phi) is 4.74. The predicted molar refractivity (Wildman–Crippen MR) is 41.5 cm³/mol. The van der Waals surface area contributed by atoms with Gasteiger partial charge in [0.25, 0.3) is 0 Å². The zero-order valence-corrected chi connectivity index (χ0v) is 6.70. The molecule has 0 aliphatic heterocycles. The highest BCUT2D eigenvalue weighted by Gasteiger charge is 2.02. The molecule has 11 heavy (non-hydrogen) atoms. The highest BCUT2D eigenvalue weighted by molar-refractivity contribution is 6.30. The van der Waals surface area contributed by atoms with Crippen molar-refractivity contribution in [2.75, 3.05) is 7.05 Å². The summed E-state index contributed by atoms with van der Waals surface area (Å²) in [5, 5.41) is -0.447. The molecule has 0 radical (unpaired) electrons. The predicted octanol–water partition coefficient (Wildman–Crippen LogP) is 2.19. The highest BCUT2D eigenvalue weighted by Crippen LogP contribution is 2.16. The Morgan fingerprint density at radius 2 is 1.55 bits per heavy atom. The van der Waals surface area contributed by atoms with Crippen molar-refractivity contribution in [3.8, 4) is 0 Å². The molecule has 0 spiro atoms. The maximum atomic E-state index is 12.2. The van der Waals surface area contributed by atoms with Gasteiger partial charge in [0.15, 0.2) is 0 Å². The summed E-state index contributed by atoms with van der Waals surface area (Å²) in [6, 6.07) is 3.47. The van der Waals surface area contributed by atoms with Crippen molar-refractivity contribution >= 4 is 11.6 Å². The van der Waals surface area contributed by atoms with Crippen molar-refractivity contribution in [2.45, 2.75) is 0 Å². The first-order chi connectivity index (χ1) is 5.22. The first-order valence-corrected chi connectivity index (χ1v) is 3.27. The van der Waals surface area contributed by atoms with Gasteiger partial charge in [-0.25, -0.2) is 8.78 Å². The first kappa shape index (κ1) is 10.3. The normalized spacial score (nSPS) is 8.45. The van der Waals surface area contributed by atoms with Gasteiger partial charge in [0, 0.05) is 0 Å². The van der Waals surface area contributed by atoms with E-state index in [9.17, 15) is 8.78 Å². The lowest BCUT2D eigenvalue weighted by molar-refractivity contribution is 0.584. The molecule has 0 saturated carbocycles. The first-order valence-electron chi connectivity index (χ1n) is 2.89. The van der Waals surface area contributed by atoms with Crippen LogP contribution in [-0.2, 0) is 0 Å². The van der Waals surface area contributed by atoms with Crippen LogP contribution in [0.1, 0.15) is 0 Å². The zero-order valence-electron chi connectivity index (χ0n) is 5.94. The molecule has 0 amide bonds. The van der Waals surface area contributed by atoms with Crippen LogP contribution in [0.5, 0.6) is 0 Å². The lowest BCUT2D eigenvalue weighted by Gasteiger charge is -1.91. The molecule has 0 saturated heterocycles. The van der Waals surface area contributed by atoms with Crippen LogP contribution in [0.4, 0.5) is 8.78 Å². The van der Waals surface area contributed by atoms with Crippen molar-refractivity contribution in [1.29, 1.82) is 0 Å².